The topological polar surface area (TPSA) is 117 Å². The average Bonchev–Trinajstić information content (AvgIpc) is 3.33. The maximum Gasteiger partial charge on any atom is 0.338 e. The summed E-state index contributed by atoms with van der Waals surface area (Å²) in [6, 6.07) is 17.9. The number of H-pyrrole nitrogens is 1. The second-order valence-corrected chi connectivity index (χ2v) is 10.2. The monoisotopic (exact) mass is 570 g/mol. The minimum absolute atomic E-state index is 0.0165. The van der Waals surface area contributed by atoms with Gasteiger partial charge in [-0.05, 0) is 75.6 Å². The second-order valence-electron chi connectivity index (χ2n) is 10.2. The molecular formula is C32H34N4O6. The number of hydrogen-bond acceptors (Lipinski definition) is 8. The van der Waals surface area contributed by atoms with Crippen LogP contribution < -0.4 is 14.4 Å². The number of aromatic amines is 1. The van der Waals surface area contributed by atoms with Crippen LogP contribution in [0.15, 0.2) is 65.7 Å². The van der Waals surface area contributed by atoms with Gasteiger partial charge >= 0.3 is 5.97 Å². The number of ether oxygens (including phenoxy) is 3. The zero-order valence-corrected chi connectivity index (χ0v) is 24.1. The van der Waals surface area contributed by atoms with Crippen molar-refractivity contribution in [2.75, 3.05) is 52.4 Å². The third-order valence-corrected chi connectivity index (χ3v) is 6.97. The van der Waals surface area contributed by atoms with Crippen LogP contribution in [0.5, 0.6) is 17.4 Å². The van der Waals surface area contributed by atoms with Gasteiger partial charge in [-0.3, -0.25) is 4.79 Å². The van der Waals surface area contributed by atoms with Gasteiger partial charge in [0.2, 0.25) is 5.91 Å². The molecule has 0 unspecified atom stereocenters. The lowest BCUT2D eigenvalue weighted by Gasteiger charge is -2.20. The molecule has 0 saturated carbocycles. The molecule has 2 heterocycles. The molecule has 10 nitrogen and oxygen atoms in total. The molecule has 1 aliphatic heterocycles. The first-order valence-electron chi connectivity index (χ1n) is 13.8. The highest BCUT2D eigenvalue weighted by atomic mass is 16.6. The van der Waals surface area contributed by atoms with E-state index in [1.165, 1.54) is 0 Å². The van der Waals surface area contributed by atoms with E-state index in [1.807, 2.05) is 61.5 Å². The molecule has 0 spiro atoms. The molecule has 4 aromatic rings. The number of nitrogens with zero attached hydrogens (tertiary/aromatic N) is 3. The van der Waals surface area contributed by atoms with Gasteiger partial charge in [-0.25, -0.2) is 9.79 Å². The van der Waals surface area contributed by atoms with Crippen LogP contribution in [-0.2, 0) is 9.53 Å². The van der Waals surface area contributed by atoms with Crippen molar-refractivity contribution in [1.29, 1.82) is 0 Å². The van der Waals surface area contributed by atoms with Crippen LogP contribution in [0.25, 0.3) is 10.9 Å². The summed E-state index contributed by atoms with van der Waals surface area (Å²) in [6.45, 7) is 3.58. The predicted octanol–water partition coefficient (Wildman–Crippen LogP) is 4.91. The maximum atomic E-state index is 12.6. The first kappa shape index (κ1) is 28.7. The molecule has 0 fully saturated rings. The van der Waals surface area contributed by atoms with Crippen molar-refractivity contribution in [3.63, 3.8) is 0 Å². The lowest BCUT2D eigenvalue weighted by Crippen LogP contribution is -2.29. The molecule has 0 radical (unpaired) electrons. The fourth-order valence-corrected chi connectivity index (χ4v) is 4.73. The van der Waals surface area contributed by atoms with Crippen molar-refractivity contribution in [3.8, 4) is 17.4 Å². The van der Waals surface area contributed by atoms with Crippen LogP contribution in [0.2, 0.25) is 0 Å². The number of anilines is 1. The van der Waals surface area contributed by atoms with Crippen molar-refractivity contribution >= 4 is 39.9 Å². The molecule has 0 bridgehead atoms. The Kier molecular flexibility index (Phi) is 8.44. The fourth-order valence-electron chi connectivity index (χ4n) is 4.73. The molecule has 218 valence electrons. The highest BCUT2D eigenvalue weighted by Crippen LogP contribution is 2.36. The smallest absolute Gasteiger partial charge is 0.338 e. The number of nitrogens with one attached hydrogen (secondary N) is 1. The summed E-state index contributed by atoms with van der Waals surface area (Å²) in [7, 11) is 5.62. The van der Waals surface area contributed by atoms with Gasteiger partial charge in [-0.2, -0.15) is 0 Å². The van der Waals surface area contributed by atoms with Crippen LogP contribution in [0.1, 0.15) is 34.8 Å². The molecule has 42 heavy (non-hydrogen) atoms. The molecular weight excluding hydrogens is 536 g/mol. The molecule has 0 aliphatic carbocycles. The van der Waals surface area contributed by atoms with Crippen molar-refractivity contribution in [1.82, 2.24) is 9.88 Å². The first-order chi connectivity index (χ1) is 20.2. The van der Waals surface area contributed by atoms with Gasteiger partial charge in [0.15, 0.2) is 17.4 Å². The number of aromatic nitrogens is 1. The van der Waals surface area contributed by atoms with Crippen LogP contribution in [-0.4, -0.2) is 80.1 Å². The number of amides is 1. The lowest BCUT2D eigenvalue weighted by molar-refractivity contribution is -0.118. The number of rotatable bonds is 9. The number of aliphatic imine (C=N–C) groups is 1. The van der Waals surface area contributed by atoms with E-state index in [9.17, 15) is 14.7 Å². The van der Waals surface area contributed by atoms with Gasteiger partial charge < -0.3 is 34.1 Å². The number of esters is 1. The van der Waals surface area contributed by atoms with E-state index in [0.717, 1.165) is 5.69 Å². The fraction of sp³-hybridized carbons (Fsp3) is 0.281. The van der Waals surface area contributed by atoms with E-state index in [4.69, 9.17) is 19.2 Å². The van der Waals surface area contributed by atoms with Crippen LogP contribution in [0, 0.1) is 0 Å². The number of hydrogen-bond donors (Lipinski definition) is 2. The zero-order chi connectivity index (χ0) is 29.8. The summed E-state index contributed by atoms with van der Waals surface area (Å²) in [6.07, 6.45) is 0.412. The van der Waals surface area contributed by atoms with Crippen molar-refractivity contribution in [2.45, 2.75) is 13.3 Å². The summed E-state index contributed by atoms with van der Waals surface area (Å²) in [4.78, 5) is 36.5. The Labute approximate surface area is 244 Å². The molecule has 3 aromatic carbocycles. The second kappa shape index (κ2) is 12.4. The van der Waals surface area contributed by atoms with Gasteiger partial charge in [0.1, 0.15) is 13.2 Å². The van der Waals surface area contributed by atoms with Crippen LogP contribution in [0.3, 0.4) is 0 Å². The molecule has 10 heteroatoms. The Morgan fingerprint density at radius 1 is 0.952 bits per heavy atom. The van der Waals surface area contributed by atoms with Crippen LogP contribution in [0.4, 0.5) is 11.4 Å². The Bertz CT molecular complexity index is 1640. The number of carbonyl (C=O) groups excluding carboxylic acids is 2. The van der Waals surface area contributed by atoms with E-state index in [-0.39, 0.29) is 18.4 Å². The first-order valence-corrected chi connectivity index (χ1v) is 13.8. The molecule has 0 atom stereocenters. The minimum Gasteiger partial charge on any atom is -0.494 e. The van der Waals surface area contributed by atoms with E-state index >= 15 is 0 Å². The predicted molar refractivity (Wildman–Crippen MR) is 162 cm³/mol. The largest absolute Gasteiger partial charge is 0.494 e. The summed E-state index contributed by atoms with van der Waals surface area (Å²) in [5.74, 6) is 0.702. The summed E-state index contributed by atoms with van der Waals surface area (Å²) in [5.41, 5.74) is 3.96. The number of aromatic hydroxyl groups is 1. The van der Waals surface area contributed by atoms with Gasteiger partial charge in [0.05, 0.1) is 29.1 Å². The lowest BCUT2D eigenvalue weighted by atomic mass is 9.99. The molecule has 1 amide bonds. The Morgan fingerprint density at radius 2 is 1.67 bits per heavy atom. The molecule has 2 N–H and O–H groups in total. The van der Waals surface area contributed by atoms with Gasteiger partial charge in [-0.15, -0.1) is 0 Å². The summed E-state index contributed by atoms with van der Waals surface area (Å²) >= 11 is 0. The Balaban J connectivity index is 1.56. The summed E-state index contributed by atoms with van der Waals surface area (Å²) in [5, 5.41) is 11.8. The normalized spacial score (nSPS) is 12.9. The third kappa shape index (κ3) is 6.08. The van der Waals surface area contributed by atoms with Gasteiger partial charge in [0, 0.05) is 42.2 Å². The van der Waals surface area contributed by atoms with Crippen molar-refractivity contribution in [2.24, 2.45) is 4.99 Å². The third-order valence-electron chi connectivity index (χ3n) is 6.97. The summed E-state index contributed by atoms with van der Waals surface area (Å²) < 4.78 is 16.7. The quantitative estimate of drug-likeness (QED) is 0.217. The number of carbonyl (C=O) groups is 2. The average molecular weight is 571 g/mol. The van der Waals surface area contributed by atoms with Gasteiger partial charge in [0.25, 0.3) is 0 Å². The molecule has 1 aliphatic rings. The van der Waals surface area contributed by atoms with E-state index in [1.54, 1.807) is 37.1 Å². The van der Waals surface area contributed by atoms with E-state index in [2.05, 4.69) is 4.98 Å². The Hall–Kier alpha value is -4.83. The van der Waals surface area contributed by atoms with Crippen molar-refractivity contribution in [3.05, 3.63) is 77.4 Å². The number of fused-ring (bicyclic) bond motifs is 2. The molecule has 5 rings (SSSR count). The zero-order valence-electron chi connectivity index (χ0n) is 24.1. The molecule has 0 saturated heterocycles. The van der Waals surface area contributed by atoms with E-state index < -0.39 is 5.97 Å². The van der Waals surface area contributed by atoms with Crippen molar-refractivity contribution < 1.29 is 28.9 Å². The SMILES string of the molecule is CCOC(=O)c1ccc2c(C(=Nc3ccc(N(C)C(=O)CCN(C)C)cc3)c3ccc4c(c3)OCCO4)c(O)[nH]c2c1. The maximum absolute atomic E-state index is 12.6. The highest BCUT2D eigenvalue weighted by molar-refractivity contribution is 6.22. The minimum atomic E-state index is -0.443. The highest BCUT2D eigenvalue weighted by Gasteiger charge is 2.22. The standard InChI is InChI=1S/C32H34N4O6/c1-5-40-32(39)21-6-12-24-25(18-21)34-31(38)29(24)30(20-7-13-26-27(19-20)42-17-16-41-26)33-22-8-10-23(11-9-22)36(4)28(37)14-15-35(2)3/h6-13,18-19,34,38H,5,14-17H2,1-4H3. The number of benzene rings is 3. The Morgan fingerprint density at radius 3 is 2.38 bits per heavy atom. The van der Waals surface area contributed by atoms with Gasteiger partial charge in [-0.1, -0.05) is 6.07 Å². The molecule has 1 aromatic heterocycles. The van der Waals surface area contributed by atoms with Crippen LogP contribution >= 0.6 is 0 Å². The van der Waals surface area contributed by atoms with E-state index in [0.29, 0.717) is 76.7 Å².